The zero-order chi connectivity index (χ0) is 19.0. The molecule has 7 heteroatoms. The van der Waals surface area contributed by atoms with Crippen LogP contribution in [0.1, 0.15) is 18.7 Å². The Kier molecular flexibility index (Phi) is 4.74. The largest absolute Gasteiger partial charge is 0.375 e. The number of carbonyl (C=O) groups excluding carboxylic acids is 1. The summed E-state index contributed by atoms with van der Waals surface area (Å²) in [4.78, 5) is 21.2. The molecule has 27 heavy (non-hydrogen) atoms. The highest BCUT2D eigenvalue weighted by Gasteiger charge is 2.46. The number of methoxy groups -OCH3 is 1. The molecule has 0 unspecified atom stereocenters. The zero-order valence-corrected chi connectivity index (χ0v) is 15.8. The number of likely N-dealkylation sites (tertiary alicyclic amines) is 1. The number of hydrogen-bond acceptors (Lipinski definition) is 4. The summed E-state index contributed by atoms with van der Waals surface area (Å²) in [6.07, 6.45) is 3.59. The highest BCUT2D eigenvalue weighted by molar-refractivity contribution is 5.77. The third kappa shape index (κ3) is 3.04. The van der Waals surface area contributed by atoms with Crippen LogP contribution in [0.3, 0.4) is 0 Å². The number of carbonyl (C=O) groups is 1. The number of nitrogens with zero attached hydrogens (tertiary/aromatic N) is 4. The summed E-state index contributed by atoms with van der Waals surface area (Å²) in [5.74, 6) is 0.858. The van der Waals surface area contributed by atoms with Gasteiger partial charge in [-0.3, -0.25) is 9.69 Å². The molecule has 0 radical (unpaired) electrons. The van der Waals surface area contributed by atoms with Crippen LogP contribution in [0.25, 0.3) is 11.3 Å². The predicted octanol–water partition coefficient (Wildman–Crippen LogP) is 2.10. The number of imidazole rings is 1. The van der Waals surface area contributed by atoms with Crippen molar-refractivity contribution in [2.75, 3.05) is 40.4 Å². The Labute approximate surface area is 158 Å². The molecule has 3 heterocycles. The zero-order valence-electron chi connectivity index (χ0n) is 15.8. The molecule has 0 atom stereocenters. The van der Waals surface area contributed by atoms with Gasteiger partial charge in [0.25, 0.3) is 0 Å². The van der Waals surface area contributed by atoms with Crippen LogP contribution in [-0.4, -0.2) is 65.7 Å². The molecule has 1 aromatic carbocycles. The van der Waals surface area contributed by atoms with E-state index in [1.165, 1.54) is 12.1 Å². The molecule has 6 nitrogen and oxygen atoms in total. The lowest BCUT2D eigenvalue weighted by Gasteiger charge is -2.49. The van der Waals surface area contributed by atoms with Gasteiger partial charge in [-0.1, -0.05) is 0 Å². The van der Waals surface area contributed by atoms with E-state index < -0.39 is 0 Å². The predicted molar refractivity (Wildman–Crippen MR) is 99.6 cm³/mol. The molecule has 1 amide bonds. The summed E-state index contributed by atoms with van der Waals surface area (Å²) in [5, 5.41) is 0. The van der Waals surface area contributed by atoms with E-state index >= 15 is 0 Å². The molecule has 144 valence electrons. The first-order valence-corrected chi connectivity index (χ1v) is 9.35. The van der Waals surface area contributed by atoms with Crippen LogP contribution in [-0.2, 0) is 21.6 Å². The summed E-state index contributed by atoms with van der Waals surface area (Å²) in [6, 6.07) is 6.58. The Hall–Kier alpha value is -2.25. The maximum Gasteiger partial charge on any atom is 0.248 e. The quantitative estimate of drug-likeness (QED) is 0.828. The molecule has 0 N–H and O–H groups in total. The Bertz CT molecular complexity index is 825. The highest BCUT2D eigenvalue weighted by atomic mass is 19.1. The Morgan fingerprint density at radius 3 is 2.56 bits per heavy atom. The van der Waals surface area contributed by atoms with Crippen LogP contribution in [0.4, 0.5) is 4.39 Å². The van der Waals surface area contributed by atoms with Crippen molar-refractivity contribution in [3.63, 3.8) is 0 Å². The van der Waals surface area contributed by atoms with E-state index in [0.29, 0.717) is 13.1 Å². The average molecular weight is 372 g/mol. The fraction of sp³-hybridized carbons (Fsp3) is 0.500. The minimum atomic E-state index is -0.235. The molecule has 2 aliphatic rings. The normalized spacial score (nSPS) is 19.3. The van der Waals surface area contributed by atoms with E-state index in [-0.39, 0.29) is 23.9 Å². The van der Waals surface area contributed by atoms with Crippen LogP contribution in [0.2, 0.25) is 0 Å². The van der Waals surface area contributed by atoms with Gasteiger partial charge in [0.1, 0.15) is 18.2 Å². The number of hydrogen-bond donors (Lipinski definition) is 0. The van der Waals surface area contributed by atoms with Gasteiger partial charge in [-0.2, -0.15) is 0 Å². The van der Waals surface area contributed by atoms with Crippen LogP contribution >= 0.6 is 0 Å². The fourth-order valence-corrected chi connectivity index (χ4v) is 4.41. The third-order valence-electron chi connectivity index (χ3n) is 6.01. The van der Waals surface area contributed by atoms with Crippen molar-refractivity contribution in [1.29, 1.82) is 0 Å². The molecule has 0 bridgehead atoms. The van der Waals surface area contributed by atoms with E-state index in [0.717, 1.165) is 43.0 Å². The second-order valence-corrected chi connectivity index (χ2v) is 7.39. The monoisotopic (exact) mass is 372 g/mol. The fourth-order valence-electron chi connectivity index (χ4n) is 4.41. The van der Waals surface area contributed by atoms with Crippen molar-refractivity contribution in [1.82, 2.24) is 19.4 Å². The van der Waals surface area contributed by atoms with Crippen molar-refractivity contribution in [2.45, 2.75) is 24.9 Å². The van der Waals surface area contributed by atoms with Crippen LogP contribution < -0.4 is 0 Å². The van der Waals surface area contributed by atoms with Crippen molar-refractivity contribution in [3.05, 3.63) is 42.1 Å². The summed E-state index contributed by atoms with van der Waals surface area (Å²) in [7, 11) is 3.69. The average Bonchev–Trinajstić information content (AvgIpc) is 3.11. The second kappa shape index (κ2) is 7.05. The summed E-state index contributed by atoms with van der Waals surface area (Å²) in [6.45, 7) is 3.30. The molecule has 2 aromatic rings. The third-order valence-corrected chi connectivity index (χ3v) is 6.01. The molecule has 0 aliphatic carbocycles. The molecule has 4 rings (SSSR count). The lowest BCUT2D eigenvalue weighted by molar-refractivity contribution is -0.138. The van der Waals surface area contributed by atoms with Gasteiger partial charge in [-0.15, -0.1) is 0 Å². The molecule has 0 saturated carbocycles. The van der Waals surface area contributed by atoms with Crippen molar-refractivity contribution in [2.24, 2.45) is 0 Å². The van der Waals surface area contributed by atoms with Gasteiger partial charge in [0.2, 0.25) is 5.91 Å². The van der Waals surface area contributed by atoms with Crippen molar-refractivity contribution in [3.8, 4) is 11.3 Å². The molecule has 1 aromatic heterocycles. The van der Waals surface area contributed by atoms with E-state index in [9.17, 15) is 9.18 Å². The number of ether oxygens (including phenoxy) is 1. The smallest absolute Gasteiger partial charge is 0.248 e. The number of amides is 1. The topological polar surface area (TPSA) is 50.6 Å². The van der Waals surface area contributed by atoms with E-state index in [1.54, 1.807) is 19.2 Å². The van der Waals surface area contributed by atoms with Crippen molar-refractivity contribution < 1.29 is 13.9 Å². The molecular weight excluding hydrogens is 347 g/mol. The number of benzene rings is 1. The second-order valence-electron chi connectivity index (χ2n) is 7.39. The first kappa shape index (κ1) is 18.1. The van der Waals surface area contributed by atoms with Gasteiger partial charge in [-0.05, 0) is 49.7 Å². The Balaban J connectivity index is 1.63. The molecule has 2 aliphatic heterocycles. The number of piperidine rings is 1. The van der Waals surface area contributed by atoms with E-state index in [2.05, 4.69) is 16.5 Å². The van der Waals surface area contributed by atoms with Gasteiger partial charge in [0.15, 0.2) is 0 Å². The summed E-state index contributed by atoms with van der Waals surface area (Å²) in [5.41, 5.74) is 1.83. The van der Waals surface area contributed by atoms with Gasteiger partial charge in [0, 0.05) is 33.3 Å². The number of rotatable bonds is 3. The Morgan fingerprint density at radius 2 is 1.89 bits per heavy atom. The number of fused-ring (bicyclic) bond motifs is 2. The molecule has 1 saturated heterocycles. The maximum absolute atomic E-state index is 13.3. The number of likely N-dealkylation sites (N-methyl/N-ethyl adjacent to an activating group) is 1. The molecule has 1 fully saturated rings. The highest BCUT2D eigenvalue weighted by Crippen LogP contribution is 2.41. The van der Waals surface area contributed by atoms with Gasteiger partial charge in [0.05, 0.1) is 17.4 Å². The van der Waals surface area contributed by atoms with E-state index in [4.69, 9.17) is 9.72 Å². The van der Waals surface area contributed by atoms with Crippen LogP contribution in [0, 0.1) is 5.82 Å². The SMILES string of the molecule is COCC(=O)N1CCC2(CC1)c1ncc(-c3ccc(F)cc3)n1CCN2C. The lowest BCUT2D eigenvalue weighted by atomic mass is 9.83. The first-order chi connectivity index (χ1) is 13.0. The summed E-state index contributed by atoms with van der Waals surface area (Å²) >= 11 is 0. The van der Waals surface area contributed by atoms with Gasteiger partial charge >= 0.3 is 0 Å². The number of aromatic nitrogens is 2. The minimum Gasteiger partial charge on any atom is -0.375 e. The molecule has 1 spiro atoms. The molecular formula is C20H25FN4O2. The van der Waals surface area contributed by atoms with Gasteiger partial charge < -0.3 is 14.2 Å². The minimum absolute atomic E-state index is 0.0427. The summed E-state index contributed by atoms with van der Waals surface area (Å²) < 4.78 is 20.5. The van der Waals surface area contributed by atoms with E-state index in [1.807, 2.05) is 11.1 Å². The number of halogens is 1. The van der Waals surface area contributed by atoms with Crippen LogP contribution in [0.15, 0.2) is 30.5 Å². The van der Waals surface area contributed by atoms with Crippen molar-refractivity contribution >= 4 is 5.91 Å². The maximum atomic E-state index is 13.3. The standard InChI is InChI=1S/C20H25FN4O2/c1-23-11-12-25-17(15-3-5-16(21)6-4-15)13-22-19(25)20(23)7-9-24(10-8-20)18(26)14-27-2/h3-6,13H,7-12,14H2,1-2H3. The first-order valence-electron chi connectivity index (χ1n) is 9.35. The Morgan fingerprint density at radius 1 is 1.19 bits per heavy atom. The lowest BCUT2D eigenvalue weighted by Crippen LogP contribution is -2.57. The van der Waals surface area contributed by atoms with Gasteiger partial charge in [-0.25, -0.2) is 9.37 Å². The van der Waals surface area contributed by atoms with Crippen LogP contribution in [0.5, 0.6) is 0 Å².